The number of nitrogens with zero attached hydrogens (tertiary/aromatic N) is 1. The molecule has 0 fully saturated rings. The number of isothiocyanates is 1. The zero-order chi connectivity index (χ0) is 15.4. The van der Waals surface area contributed by atoms with Crippen molar-refractivity contribution in [2.75, 3.05) is 20.8 Å². The van der Waals surface area contributed by atoms with Crippen LogP contribution in [0, 0.1) is 0 Å². The van der Waals surface area contributed by atoms with Crippen molar-refractivity contribution in [2.24, 2.45) is 4.99 Å². The topological polar surface area (TPSA) is 72.9 Å². The van der Waals surface area contributed by atoms with E-state index in [2.05, 4.69) is 27.4 Å². The number of aliphatic imine (C=N–C) groups is 1. The van der Waals surface area contributed by atoms with Crippen LogP contribution in [0.25, 0.3) is 10.9 Å². The number of H-pyrrole nitrogens is 1. The minimum Gasteiger partial charge on any atom is -0.493 e. The van der Waals surface area contributed by atoms with Gasteiger partial charge in [0.15, 0.2) is 17.2 Å². The Hall–Kier alpha value is -2.37. The smallest absolute Gasteiger partial charge is 0.357 e. The average Bonchev–Trinajstić information content (AvgIpc) is 2.84. The van der Waals surface area contributed by atoms with Gasteiger partial charge < -0.3 is 19.2 Å². The van der Waals surface area contributed by atoms with Crippen LogP contribution in [0.2, 0.25) is 0 Å². The highest BCUT2D eigenvalue weighted by Crippen LogP contribution is 2.38. The maximum absolute atomic E-state index is 12.0. The standard InChI is InChI=1S/C14H14N2O4S/c1-4-20-14(17)13-12(15-7-21)8-5-10(18-2)11(19-3)6-9(8)16-13/h5-6,16H,4H2,1-3H3. The lowest BCUT2D eigenvalue weighted by atomic mass is 10.2. The summed E-state index contributed by atoms with van der Waals surface area (Å²) in [6.07, 6.45) is 0. The van der Waals surface area contributed by atoms with Gasteiger partial charge in [0.05, 0.1) is 31.5 Å². The minimum atomic E-state index is -0.504. The molecular weight excluding hydrogens is 292 g/mol. The van der Waals surface area contributed by atoms with E-state index in [0.717, 1.165) is 0 Å². The number of methoxy groups -OCH3 is 2. The van der Waals surface area contributed by atoms with E-state index in [1.54, 1.807) is 19.1 Å². The molecule has 0 aliphatic rings. The van der Waals surface area contributed by atoms with Gasteiger partial charge in [0.25, 0.3) is 0 Å². The Balaban J connectivity index is 2.73. The Bertz CT molecular complexity index is 732. The summed E-state index contributed by atoms with van der Waals surface area (Å²) in [6.45, 7) is 2.00. The largest absolute Gasteiger partial charge is 0.493 e. The van der Waals surface area contributed by atoms with Crippen molar-refractivity contribution >= 4 is 39.9 Å². The molecule has 6 nitrogen and oxygen atoms in total. The van der Waals surface area contributed by atoms with E-state index in [1.165, 1.54) is 14.2 Å². The van der Waals surface area contributed by atoms with Crippen molar-refractivity contribution in [1.82, 2.24) is 4.98 Å². The Morgan fingerprint density at radius 2 is 2.00 bits per heavy atom. The minimum absolute atomic E-state index is 0.222. The highest BCUT2D eigenvalue weighted by Gasteiger charge is 2.20. The lowest BCUT2D eigenvalue weighted by molar-refractivity contribution is 0.0521. The molecule has 1 heterocycles. The third kappa shape index (κ3) is 2.74. The second-order valence-electron chi connectivity index (χ2n) is 4.02. The summed E-state index contributed by atoms with van der Waals surface area (Å²) in [4.78, 5) is 18.9. The van der Waals surface area contributed by atoms with E-state index in [0.29, 0.717) is 28.1 Å². The van der Waals surface area contributed by atoms with Gasteiger partial charge in [-0.05, 0) is 25.2 Å². The summed E-state index contributed by atoms with van der Waals surface area (Å²) in [7, 11) is 3.07. The van der Waals surface area contributed by atoms with Crippen LogP contribution >= 0.6 is 12.2 Å². The van der Waals surface area contributed by atoms with E-state index >= 15 is 0 Å². The molecule has 0 aliphatic heterocycles. The van der Waals surface area contributed by atoms with Crippen molar-refractivity contribution in [3.05, 3.63) is 17.8 Å². The number of ether oxygens (including phenoxy) is 3. The third-order valence-corrected chi connectivity index (χ3v) is 3.00. The summed E-state index contributed by atoms with van der Waals surface area (Å²) in [5.41, 5.74) is 1.26. The predicted molar refractivity (Wildman–Crippen MR) is 82.0 cm³/mol. The van der Waals surface area contributed by atoms with Crippen LogP contribution in [0.5, 0.6) is 11.5 Å². The Kier molecular flexibility index (Phi) is 4.57. The molecule has 0 bridgehead atoms. The number of benzene rings is 1. The molecular formula is C14H14N2O4S. The zero-order valence-electron chi connectivity index (χ0n) is 11.9. The third-order valence-electron chi connectivity index (χ3n) is 2.91. The van der Waals surface area contributed by atoms with Crippen LogP contribution in [0.1, 0.15) is 17.4 Å². The first-order valence-corrected chi connectivity index (χ1v) is 6.59. The molecule has 7 heteroatoms. The van der Waals surface area contributed by atoms with Gasteiger partial charge in [-0.2, -0.15) is 4.99 Å². The van der Waals surface area contributed by atoms with E-state index in [1.807, 2.05) is 0 Å². The van der Waals surface area contributed by atoms with Crippen LogP contribution in [0.3, 0.4) is 0 Å². The first kappa shape index (κ1) is 15.0. The monoisotopic (exact) mass is 306 g/mol. The number of aromatic amines is 1. The zero-order valence-corrected chi connectivity index (χ0v) is 12.7. The van der Waals surface area contributed by atoms with E-state index in [4.69, 9.17) is 14.2 Å². The van der Waals surface area contributed by atoms with Crippen molar-refractivity contribution in [3.8, 4) is 11.5 Å². The van der Waals surface area contributed by atoms with Gasteiger partial charge in [0.2, 0.25) is 0 Å². The van der Waals surface area contributed by atoms with Gasteiger partial charge in [-0.15, -0.1) is 0 Å². The molecule has 1 aromatic carbocycles. The van der Waals surface area contributed by atoms with Crippen LogP contribution < -0.4 is 9.47 Å². The fraction of sp³-hybridized carbons (Fsp3) is 0.286. The molecule has 0 saturated carbocycles. The molecule has 110 valence electrons. The van der Waals surface area contributed by atoms with Crippen LogP contribution in [0.15, 0.2) is 17.1 Å². The van der Waals surface area contributed by atoms with Gasteiger partial charge in [-0.1, -0.05) is 0 Å². The molecule has 0 saturated heterocycles. The Labute approximate surface area is 126 Å². The first-order valence-electron chi connectivity index (χ1n) is 6.18. The number of carbonyl (C=O) groups excluding carboxylic acids is 1. The molecule has 0 atom stereocenters. The Morgan fingerprint density at radius 3 is 2.57 bits per heavy atom. The molecule has 2 rings (SSSR count). The number of hydrogen-bond acceptors (Lipinski definition) is 6. The summed E-state index contributed by atoms with van der Waals surface area (Å²) >= 11 is 4.65. The van der Waals surface area contributed by atoms with Gasteiger partial charge in [0.1, 0.15) is 5.69 Å². The fourth-order valence-corrected chi connectivity index (χ4v) is 2.11. The SMILES string of the molecule is CCOC(=O)c1[nH]c2cc(OC)c(OC)cc2c1N=C=S. The second kappa shape index (κ2) is 6.39. The highest BCUT2D eigenvalue weighted by molar-refractivity contribution is 7.78. The number of nitrogens with one attached hydrogen (secondary N) is 1. The van der Waals surface area contributed by atoms with Crippen molar-refractivity contribution in [2.45, 2.75) is 6.92 Å². The number of thiocarbonyl (C=S) groups is 1. The molecule has 0 aliphatic carbocycles. The van der Waals surface area contributed by atoms with Crippen LogP contribution in [0.4, 0.5) is 5.69 Å². The Morgan fingerprint density at radius 1 is 1.33 bits per heavy atom. The van der Waals surface area contributed by atoms with E-state index in [-0.39, 0.29) is 12.3 Å². The number of aromatic nitrogens is 1. The van der Waals surface area contributed by atoms with Gasteiger partial charge in [0, 0.05) is 11.5 Å². The first-order chi connectivity index (χ1) is 10.2. The summed E-state index contributed by atoms with van der Waals surface area (Å²) < 4.78 is 15.5. The van der Waals surface area contributed by atoms with E-state index < -0.39 is 5.97 Å². The number of carbonyl (C=O) groups is 1. The summed E-state index contributed by atoms with van der Waals surface area (Å²) in [5.74, 6) is 0.565. The quantitative estimate of drug-likeness (QED) is 0.522. The molecule has 0 spiro atoms. The van der Waals surface area contributed by atoms with Crippen molar-refractivity contribution < 1.29 is 19.0 Å². The molecule has 1 N–H and O–H groups in total. The molecule has 0 unspecified atom stereocenters. The summed E-state index contributed by atoms with van der Waals surface area (Å²) in [5, 5.41) is 2.95. The van der Waals surface area contributed by atoms with E-state index in [9.17, 15) is 4.79 Å². The molecule has 0 amide bonds. The van der Waals surface area contributed by atoms with Gasteiger partial charge in [-0.3, -0.25) is 0 Å². The normalized spacial score (nSPS) is 10.0. The highest BCUT2D eigenvalue weighted by atomic mass is 32.1. The van der Waals surface area contributed by atoms with Gasteiger partial charge >= 0.3 is 5.97 Å². The molecule has 21 heavy (non-hydrogen) atoms. The van der Waals surface area contributed by atoms with Crippen molar-refractivity contribution in [1.29, 1.82) is 0 Å². The van der Waals surface area contributed by atoms with Crippen LogP contribution in [-0.2, 0) is 4.74 Å². The fourth-order valence-electron chi connectivity index (χ4n) is 2.02. The summed E-state index contributed by atoms with van der Waals surface area (Å²) in [6, 6.07) is 3.44. The maximum Gasteiger partial charge on any atom is 0.357 e. The van der Waals surface area contributed by atoms with Gasteiger partial charge in [-0.25, -0.2) is 4.79 Å². The molecule has 2 aromatic rings. The molecule has 0 radical (unpaired) electrons. The number of fused-ring (bicyclic) bond motifs is 1. The number of hydrogen-bond donors (Lipinski definition) is 1. The predicted octanol–water partition coefficient (Wildman–Crippen LogP) is 3.10. The van der Waals surface area contributed by atoms with Crippen molar-refractivity contribution in [3.63, 3.8) is 0 Å². The second-order valence-corrected chi connectivity index (χ2v) is 4.21. The lowest BCUT2D eigenvalue weighted by Gasteiger charge is -2.07. The molecule has 1 aromatic heterocycles. The maximum atomic E-state index is 12.0. The average molecular weight is 306 g/mol. The number of esters is 1. The van der Waals surface area contributed by atoms with Crippen LogP contribution in [-0.4, -0.2) is 36.9 Å². The number of rotatable bonds is 5. The lowest BCUT2D eigenvalue weighted by Crippen LogP contribution is -2.05.